The van der Waals surface area contributed by atoms with E-state index in [0.717, 1.165) is 37.6 Å². The van der Waals surface area contributed by atoms with Crippen LogP contribution in [0, 0.1) is 6.92 Å². The maximum absolute atomic E-state index is 12.2. The van der Waals surface area contributed by atoms with Gasteiger partial charge in [-0.15, -0.1) is 0 Å². The van der Waals surface area contributed by atoms with Crippen molar-refractivity contribution in [3.63, 3.8) is 0 Å². The van der Waals surface area contributed by atoms with Crippen LogP contribution >= 0.6 is 0 Å². The average Bonchev–Trinajstić information content (AvgIpc) is 2.99. The van der Waals surface area contributed by atoms with Crippen LogP contribution in [0.3, 0.4) is 0 Å². The van der Waals surface area contributed by atoms with Gasteiger partial charge in [0, 0.05) is 44.5 Å². The zero-order valence-corrected chi connectivity index (χ0v) is 12.8. The quantitative estimate of drug-likeness (QED) is 0.797. The molecule has 0 radical (unpaired) electrons. The summed E-state index contributed by atoms with van der Waals surface area (Å²) in [6, 6.07) is 2.06. The van der Waals surface area contributed by atoms with E-state index >= 15 is 0 Å². The monoisotopic (exact) mass is 306 g/mol. The van der Waals surface area contributed by atoms with Crippen LogP contribution in [-0.4, -0.2) is 66.3 Å². The molecule has 22 heavy (non-hydrogen) atoms. The van der Waals surface area contributed by atoms with E-state index in [1.807, 2.05) is 17.9 Å². The van der Waals surface area contributed by atoms with E-state index in [-0.39, 0.29) is 18.0 Å². The third kappa shape index (κ3) is 3.38. The summed E-state index contributed by atoms with van der Waals surface area (Å²) in [5.41, 5.74) is 6.55. The van der Waals surface area contributed by atoms with Crippen LogP contribution in [0.1, 0.15) is 12.1 Å². The highest BCUT2D eigenvalue weighted by Crippen LogP contribution is 2.16. The van der Waals surface area contributed by atoms with Gasteiger partial charge in [0.2, 0.25) is 5.95 Å². The van der Waals surface area contributed by atoms with Gasteiger partial charge in [0.25, 0.3) is 0 Å². The molecule has 2 amide bonds. The van der Waals surface area contributed by atoms with Gasteiger partial charge in [-0.1, -0.05) is 0 Å². The Labute approximate surface area is 129 Å². The fourth-order valence-corrected chi connectivity index (χ4v) is 2.79. The van der Waals surface area contributed by atoms with Gasteiger partial charge in [0.1, 0.15) is 5.82 Å². The number of amides is 2. The normalized spacial score (nSPS) is 22.0. The van der Waals surface area contributed by atoms with Crippen LogP contribution in [0.5, 0.6) is 0 Å². The van der Waals surface area contributed by atoms with Crippen molar-refractivity contribution in [2.75, 3.05) is 50.0 Å². The number of aryl methyl sites for hydroxylation is 1. The molecule has 3 heterocycles. The van der Waals surface area contributed by atoms with Crippen molar-refractivity contribution in [2.24, 2.45) is 0 Å². The van der Waals surface area contributed by atoms with Gasteiger partial charge in [-0.3, -0.25) is 0 Å². The summed E-state index contributed by atoms with van der Waals surface area (Å²) in [6.45, 7) is 6.06. The van der Waals surface area contributed by atoms with Crippen molar-refractivity contribution in [3.05, 3.63) is 11.8 Å². The molecule has 8 nitrogen and oxygen atoms in total. The largest absolute Gasteiger partial charge is 0.379 e. The van der Waals surface area contributed by atoms with Crippen LogP contribution in [0.25, 0.3) is 0 Å². The summed E-state index contributed by atoms with van der Waals surface area (Å²) in [6.07, 6.45) is 0.894. The number of nitrogen functional groups attached to an aromatic ring is 1. The number of aromatic nitrogens is 2. The highest BCUT2D eigenvalue weighted by molar-refractivity contribution is 5.75. The third-order valence-electron chi connectivity index (χ3n) is 4.01. The van der Waals surface area contributed by atoms with Crippen LogP contribution < -0.4 is 16.0 Å². The first-order chi connectivity index (χ1) is 10.6. The van der Waals surface area contributed by atoms with Crippen molar-refractivity contribution in [3.8, 4) is 0 Å². The lowest BCUT2D eigenvalue weighted by Crippen LogP contribution is -2.53. The molecule has 2 fully saturated rings. The molecule has 0 aromatic carbocycles. The number of carbonyl (C=O) groups excluding carboxylic acids is 1. The average molecular weight is 306 g/mol. The molecule has 1 atom stereocenters. The number of rotatable bonds is 2. The first-order valence-electron chi connectivity index (χ1n) is 7.61. The highest BCUT2D eigenvalue weighted by Gasteiger charge is 2.25. The SMILES string of the molecule is Cc1cc(N2CCN(C(=O)N[C@@H]3CCOC3)CC2)nc(N)n1. The van der Waals surface area contributed by atoms with Gasteiger partial charge in [0.05, 0.1) is 12.6 Å². The molecule has 3 N–H and O–H groups in total. The Bertz CT molecular complexity index is 518. The zero-order chi connectivity index (χ0) is 15.5. The minimum absolute atomic E-state index is 0.00599. The Morgan fingerprint density at radius 2 is 2.14 bits per heavy atom. The Morgan fingerprint density at radius 3 is 2.77 bits per heavy atom. The van der Waals surface area contributed by atoms with Gasteiger partial charge < -0.3 is 25.6 Å². The van der Waals surface area contributed by atoms with E-state index in [0.29, 0.717) is 19.7 Å². The molecule has 0 unspecified atom stereocenters. The molecule has 1 aromatic rings. The molecule has 2 saturated heterocycles. The lowest BCUT2D eigenvalue weighted by molar-refractivity contribution is 0.176. The number of hydrogen-bond acceptors (Lipinski definition) is 6. The molecule has 0 spiro atoms. The summed E-state index contributed by atoms with van der Waals surface area (Å²) < 4.78 is 5.28. The molecular weight excluding hydrogens is 284 g/mol. The molecule has 0 bridgehead atoms. The highest BCUT2D eigenvalue weighted by atomic mass is 16.5. The fraction of sp³-hybridized carbons (Fsp3) is 0.643. The van der Waals surface area contributed by atoms with E-state index in [1.165, 1.54) is 0 Å². The number of nitrogens with zero attached hydrogens (tertiary/aromatic N) is 4. The minimum atomic E-state index is -0.00599. The molecule has 8 heteroatoms. The van der Waals surface area contributed by atoms with Crippen LogP contribution in [0.4, 0.5) is 16.6 Å². The molecule has 2 aliphatic heterocycles. The number of nitrogens with one attached hydrogen (secondary N) is 1. The number of nitrogens with two attached hydrogens (primary N) is 1. The summed E-state index contributed by atoms with van der Waals surface area (Å²) >= 11 is 0. The van der Waals surface area contributed by atoms with Crippen LogP contribution in [0.2, 0.25) is 0 Å². The molecule has 0 aliphatic carbocycles. The molecule has 1 aromatic heterocycles. The third-order valence-corrected chi connectivity index (χ3v) is 4.01. The maximum Gasteiger partial charge on any atom is 0.317 e. The Kier molecular flexibility index (Phi) is 4.28. The van der Waals surface area contributed by atoms with Gasteiger partial charge in [-0.25, -0.2) is 9.78 Å². The number of carbonyl (C=O) groups is 1. The van der Waals surface area contributed by atoms with Crippen molar-refractivity contribution in [1.29, 1.82) is 0 Å². The second-order valence-electron chi connectivity index (χ2n) is 5.71. The van der Waals surface area contributed by atoms with E-state index in [4.69, 9.17) is 10.5 Å². The first-order valence-corrected chi connectivity index (χ1v) is 7.61. The molecule has 0 saturated carbocycles. The summed E-state index contributed by atoms with van der Waals surface area (Å²) in [5.74, 6) is 1.12. The van der Waals surface area contributed by atoms with Crippen LogP contribution in [0.15, 0.2) is 6.07 Å². The Balaban J connectivity index is 1.54. The summed E-state index contributed by atoms with van der Waals surface area (Å²) in [7, 11) is 0. The predicted octanol–water partition coefficient (Wildman–Crippen LogP) is -0.0123. The lowest BCUT2D eigenvalue weighted by atomic mass is 10.2. The van der Waals surface area contributed by atoms with Crippen molar-refractivity contribution < 1.29 is 9.53 Å². The van der Waals surface area contributed by atoms with E-state index in [2.05, 4.69) is 20.2 Å². The van der Waals surface area contributed by atoms with Crippen molar-refractivity contribution in [2.45, 2.75) is 19.4 Å². The van der Waals surface area contributed by atoms with E-state index < -0.39 is 0 Å². The molecule has 3 rings (SSSR count). The topological polar surface area (TPSA) is 96.6 Å². The zero-order valence-electron chi connectivity index (χ0n) is 12.8. The van der Waals surface area contributed by atoms with Gasteiger partial charge in [0.15, 0.2) is 0 Å². The standard InChI is InChI=1S/C14H22N6O2/c1-10-8-12(18-13(15)16-10)19-3-5-20(6-4-19)14(21)17-11-2-7-22-9-11/h8,11H,2-7,9H2,1H3,(H,17,21)(H2,15,16,18)/t11-/m1/s1. The van der Waals surface area contributed by atoms with Crippen molar-refractivity contribution in [1.82, 2.24) is 20.2 Å². The Morgan fingerprint density at radius 1 is 1.36 bits per heavy atom. The maximum atomic E-state index is 12.2. The number of piperazine rings is 1. The lowest BCUT2D eigenvalue weighted by Gasteiger charge is -2.35. The summed E-state index contributed by atoms with van der Waals surface area (Å²) in [4.78, 5) is 24.5. The predicted molar refractivity (Wildman–Crippen MR) is 82.7 cm³/mol. The molecule has 2 aliphatic rings. The van der Waals surface area contributed by atoms with Gasteiger partial charge in [-0.2, -0.15) is 4.98 Å². The van der Waals surface area contributed by atoms with Gasteiger partial charge in [-0.05, 0) is 13.3 Å². The summed E-state index contributed by atoms with van der Waals surface area (Å²) in [5, 5.41) is 3.02. The first kappa shape index (κ1) is 14.8. The van der Waals surface area contributed by atoms with E-state index in [9.17, 15) is 4.79 Å². The Hall–Kier alpha value is -2.09. The minimum Gasteiger partial charge on any atom is -0.379 e. The molecule has 120 valence electrons. The van der Waals surface area contributed by atoms with Crippen LogP contribution in [-0.2, 0) is 4.74 Å². The second kappa shape index (κ2) is 6.35. The van der Waals surface area contributed by atoms with E-state index in [1.54, 1.807) is 0 Å². The fourth-order valence-electron chi connectivity index (χ4n) is 2.79. The second-order valence-corrected chi connectivity index (χ2v) is 5.71. The number of hydrogen-bond donors (Lipinski definition) is 2. The van der Waals surface area contributed by atoms with Gasteiger partial charge >= 0.3 is 6.03 Å². The number of ether oxygens (including phenoxy) is 1. The smallest absolute Gasteiger partial charge is 0.317 e. The number of anilines is 2. The van der Waals surface area contributed by atoms with Crippen molar-refractivity contribution >= 4 is 17.8 Å². The number of urea groups is 1. The molecular formula is C14H22N6O2.